The van der Waals surface area contributed by atoms with E-state index < -0.39 is 0 Å². The molecule has 5 rings (SSSR count). The van der Waals surface area contributed by atoms with E-state index >= 15 is 0 Å². The maximum absolute atomic E-state index is 6.40. The molecule has 29 heavy (non-hydrogen) atoms. The van der Waals surface area contributed by atoms with Crippen LogP contribution in [-0.2, 0) is 25.9 Å². The number of aryl methyl sites for hydroxylation is 2. The molecular weight excluding hydrogens is 398 g/mol. The first kappa shape index (κ1) is 18.6. The molecule has 0 fully saturated rings. The molecule has 0 saturated heterocycles. The predicted octanol–water partition coefficient (Wildman–Crippen LogP) is 6.43. The van der Waals surface area contributed by atoms with Crippen molar-refractivity contribution in [2.45, 2.75) is 38.8 Å². The first-order chi connectivity index (χ1) is 14.3. The van der Waals surface area contributed by atoms with Crippen LogP contribution < -0.4 is 4.90 Å². The van der Waals surface area contributed by atoms with Gasteiger partial charge < -0.3 is 4.90 Å². The quantitative estimate of drug-likeness (QED) is 0.349. The van der Waals surface area contributed by atoms with Crippen molar-refractivity contribution in [2.75, 3.05) is 4.90 Å². The standard InChI is InChI=1S/C24H22ClN3S/c25-24-26-22(21-19-13-7-8-14-20(19)29-23(21)27-24)28(15-17-9-3-1-4-10-17)16-18-11-5-2-6-12-18/h1-6,9-12H,7-8,13-16H2. The third kappa shape index (κ3) is 3.87. The number of nitrogens with zero attached hydrogens (tertiary/aromatic N) is 3. The first-order valence-electron chi connectivity index (χ1n) is 10.1. The molecule has 0 N–H and O–H groups in total. The van der Waals surface area contributed by atoms with Crippen molar-refractivity contribution in [3.05, 3.63) is 87.5 Å². The summed E-state index contributed by atoms with van der Waals surface area (Å²) in [5.74, 6) is 0.965. The number of halogens is 1. The lowest BCUT2D eigenvalue weighted by atomic mass is 9.97. The van der Waals surface area contributed by atoms with E-state index in [0.29, 0.717) is 5.28 Å². The highest BCUT2D eigenvalue weighted by molar-refractivity contribution is 7.19. The van der Waals surface area contributed by atoms with Crippen LogP contribution in [0.4, 0.5) is 5.82 Å². The number of hydrogen-bond acceptors (Lipinski definition) is 4. The van der Waals surface area contributed by atoms with Crippen LogP contribution in [0.15, 0.2) is 60.7 Å². The Balaban J connectivity index is 1.64. The second kappa shape index (κ2) is 8.13. The molecule has 0 unspecified atom stereocenters. The van der Waals surface area contributed by atoms with Crippen LogP contribution in [0.5, 0.6) is 0 Å². The molecule has 3 nitrogen and oxygen atoms in total. The van der Waals surface area contributed by atoms with Gasteiger partial charge in [-0.25, -0.2) is 4.98 Å². The predicted molar refractivity (Wildman–Crippen MR) is 122 cm³/mol. The summed E-state index contributed by atoms with van der Waals surface area (Å²) >= 11 is 8.19. The van der Waals surface area contributed by atoms with Gasteiger partial charge in [-0.3, -0.25) is 0 Å². The highest BCUT2D eigenvalue weighted by Gasteiger charge is 2.24. The minimum absolute atomic E-state index is 0.331. The highest BCUT2D eigenvalue weighted by Crippen LogP contribution is 2.40. The van der Waals surface area contributed by atoms with Crippen LogP contribution in [0.1, 0.15) is 34.4 Å². The maximum atomic E-state index is 6.40. The molecule has 5 heteroatoms. The molecule has 2 heterocycles. The van der Waals surface area contributed by atoms with Crippen molar-refractivity contribution in [3.63, 3.8) is 0 Å². The van der Waals surface area contributed by atoms with Gasteiger partial charge in [-0.1, -0.05) is 60.7 Å². The Kier molecular flexibility index (Phi) is 5.21. The lowest BCUT2D eigenvalue weighted by Crippen LogP contribution is -2.24. The minimum Gasteiger partial charge on any atom is -0.347 e. The van der Waals surface area contributed by atoms with Crippen LogP contribution in [0.2, 0.25) is 5.28 Å². The summed E-state index contributed by atoms with van der Waals surface area (Å²) < 4.78 is 0. The third-order valence-corrected chi connectivity index (χ3v) is 6.86. The molecule has 0 amide bonds. The third-order valence-electron chi connectivity index (χ3n) is 5.50. The topological polar surface area (TPSA) is 29.0 Å². The molecule has 146 valence electrons. The van der Waals surface area contributed by atoms with Crippen molar-refractivity contribution >= 4 is 39.0 Å². The summed E-state index contributed by atoms with van der Waals surface area (Å²) in [6.45, 7) is 1.56. The zero-order valence-corrected chi connectivity index (χ0v) is 17.7. The van der Waals surface area contributed by atoms with Crippen molar-refractivity contribution in [1.29, 1.82) is 0 Å². The van der Waals surface area contributed by atoms with Crippen LogP contribution in [0.3, 0.4) is 0 Å². The fourth-order valence-corrected chi connectivity index (χ4v) is 5.63. The number of benzene rings is 2. The fraction of sp³-hybridized carbons (Fsp3) is 0.250. The van der Waals surface area contributed by atoms with Crippen molar-refractivity contribution < 1.29 is 0 Å². The van der Waals surface area contributed by atoms with Crippen LogP contribution in [0, 0.1) is 0 Å². The SMILES string of the molecule is Clc1nc(N(Cc2ccccc2)Cc2ccccc2)c2c3c(sc2n1)CCCC3. The van der Waals surface area contributed by atoms with Gasteiger partial charge in [-0.2, -0.15) is 4.98 Å². The largest absolute Gasteiger partial charge is 0.347 e. The van der Waals surface area contributed by atoms with Crippen molar-refractivity contribution in [3.8, 4) is 0 Å². The van der Waals surface area contributed by atoms with E-state index in [1.54, 1.807) is 11.3 Å². The minimum atomic E-state index is 0.331. The van der Waals surface area contributed by atoms with E-state index in [2.05, 4.69) is 70.5 Å². The molecule has 0 bridgehead atoms. The van der Waals surface area contributed by atoms with Gasteiger partial charge in [-0.15, -0.1) is 11.3 Å². The van der Waals surface area contributed by atoms with Gasteiger partial charge in [0.15, 0.2) is 0 Å². The summed E-state index contributed by atoms with van der Waals surface area (Å²) in [6.07, 6.45) is 4.75. The van der Waals surface area contributed by atoms with Gasteiger partial charge in [0.05, 0.1) is 5.39 Å². The maximum Gasteiger partial charge on any atom is 0.225 e. The van der Waals surface area contributed by atoms with E-state index in [1.165, 1.54) is 39.8 Å². The Morgan fingerprint density at radius 2 is 1.45 bits per heavy atom. The van der Waals surface area contributed by atoms with Gasteiger partial charge >= 0.3 is 0 Å². The van der Waals surface area contributed by atoms with Gasteiger partial charge in [0.1, 0.15) is 10.6 Å². The zero-order valence-electron chi connectivity index (χ0n) is 16.1. The molecule has 0 spiro atoms. The summed E-state index contributed by atoms with van der Waals surface area (Å²) in [5.41, 5.74) is 3.96. The Morgan fingerprint density at radius 1 is 0.828 bits per heavy atom. The van der Waals surface area contributed by atoms with Gasteiger partial charge in [-0.05, 0) is 54.0 Å². The van der Waals surface area contributed by atoms with E-state index in [0.717, 1.165) is 36.6 Å². The van der Waals surface area contributed by atoms with Gasteiger partial charge in [0, 0.05) is 18.0 Å². The lowest BCUT2D eigenvalue weighted by molar-refractivity contribution is 0.699. The Morgan fingerprint density at radius 3 is 2.10 bits per heavy atom. The molecule has 1 aliphatic carbocycles. The summed E-state index contributed by atoms with van der Waals surface area (Å²) in [5, 5.41) is 1.54. The van der Waals surface area contributed by atoms with Gasteiger partial charge in [0.25, 0.3) is 0 Å². The average molecular weight is 420 g/mol. The highest BCUT2D eigenvalue weighted by atomic mass is 35.5. The van der Waals surface area contributed by atoms with E-state index in [1.807, 2.05) is 0 Å². The number of hydrogen-bond donors (Lipinski definition) is 0. The smallest absolute Gasteiger partial charge is 0.225 e. The molecule has 1 aliphatic rings. The molecule has 2 aromatic carbocycles. The zero-order chi connectivity index (χ0) is 19.6. The van der Waals surface area contributed by atoms with Gasteiger partial charge in [0.2, 0.25) is 5.28 Å². The Bertz CT molecular complexity index is 1080. The van der Waals surface area contributed by atoms with Crippen molar-refractivity contribution in [2.24, 2.45) is 0 Å². The first-order valence-corrected chi connectivity index (χ1v) is 11.3. The molecule has 0 radical (unpaired) electrons. The number of anilines is 1. The van der Waals surface area contributed by atoms with E-state index in [-0.39, 0.29) is 0 Å². The molecule has 0 aliphatic heterocycles. The normalized spacial score (nSPS) is 13.4. The number of rotatable bonds is 5. The van der Waals surface area contributed by atoms with E-state index in [4.69, 9.17) is 16.6 Å². The van der Waals surface area contributed by atoms with Crippen LogP contribution in [-0.4, -0.2) is 9.97 Å². The van der Waals surface area contributed by atoms with Crippen molar-refractivity contribution in [1.82, 2.24) is 9.97 Å². The molecular formula is C24H22ClN3S. The average Bonchev–Trinajstić information content (AvgIpc) is 3.12. The fourth-order valence-electron chi connectivity index (χ4n) is 4.16. The number of thiophene rings is 1. The number of fused-ring (bicyclic) bond motifs is 3. The van der Waals surface area contributed by atoms with Crippen LogP contribution in [0.25, 0.3) is 10.2 Å². The monoisotopic (exact) mass is 419 g/mol. The second-order valence-electron chi connectivity index (χ2n) is 7.53. The summed E-state index contributed by atoms with van der Waals surface area (Å²) in [7, 11) is 0. The summed E-state index contributed by atoms with van der Waals surface area (Å²) in [4.78, 5) is 14.2. The van der Waals surface area contributed by atoms with E-state index in [9.17, 15) is 0 Å². The lowest BCUT2D eigenvalue weighted by Gasteiger charge is -2.26. The molecule has 2 aromatic heterocycles. The summed E-state index contributed by atoms with van der Waals surface area (Å²) in [6, 6.07) is 21.1. The molecule has 0 saturated carbocycles. The Hall–Kier alpha value is -2.43. The number of aromatic nitrogens is 2. The molecule has 0 atom stereocenters. The second-order valence-corrected chi connectivity index (χ2v) is 8.96. The van der Waals surface area contributed by atoms with Crippen LogP contribution >= 0.6 is 22.9 Å². The Labute approximate surface area is 180 Å². The molecule has 4 aromatic rings.